The van der Waals surface area contributed by atoms with Crippen molar-refractivity contribution >= 4 is 22.7 Å². The first-order chi connectivity index (χ1) is 9.49. The topological polar surface area (TPSA) is 81.2 Å². The highest BCUT2D eigenvalue weighted by molar-refractivity contribution is 5.96. The minimum Gasteiger partial charge on any atom is -0.441 e. The second kappa shape index (κ2) is 6.05. The van der Waals surface area contributed by atoms with Crippen molar-refractivity contribution in [3.63, 3.8) is 0 Å². The number of benzene rings is 1. The minimum absolute atomic E-state index is 0.169. The van der Waals surface area contributed by atoms with E-state index < -0.39 is 6.04 Å². The first-order valence-corrected chi connectivity index (χ1v) is 6.95. The molecule has 0 saturated heterocycles. The van der Waals surface area contributed by atoms with E-state index in [1.54, 1.807) is 12.1 Å². The largest absolute Gasteiger partial charge is 0.441 e. The first-order valence-electron chi connectivity index (χ1n) is 6.95. The van der Waals surface area contributed by atoms with E-state index >= 15 is 0 Å². The molecule has 0 unspecified atom stereocenters. The number of hydrogen-bond donors (Lipinski definition) is 2. The average molecular weight is 275 g/mol. The molecule has 3 N–H and O–H groups in total. The Balaban J connectivity index is 2.11. The van der Waals surface area contributed by atoms with E-state index in [0.717, 1.165) is 17.5 Å². The number of nitrogens with two attached hydrogens (primary N) is 1. The summed E-state index contributed by atoms with van der Waals surface area (Å²) in [6, 6.07) is 4.92. The van der Waals surface area contributed by atoms with Gasteiger partial charge in [0.15, 0.2) is 11.5 Å². The lowest BCUT2D eigenvalue weighted by molar-refractivity contribution is -0.117. The number of carbonyl (C=O) groups is 1. The molecule has 1 amide bonds. The lowest BCUT2D eigenvalue weighted by Gasteiger charge is -2.14. The van der Waals surface area contributed by atoms with E-state index in [2.05, 4.69) is 10.3 Å². The lowest BCUT2D eigenvalue weighted by Crippen LogP contribution is -2.36. The van der Waals surface area contributed by atoms with Gasteiger partial charge in [-0.25, -0.2) is 4.98 Å². The summed E-state index contributed by atoms with van der Waals surface area (Å²) in [5.74, 6) is 0.915. The van der Waals surface area contributed by atoms with E-state index in [9.17, 15) is 4.79 Å². The highest BCUT2D eigenvalue weighted by atomic mass is 16.3. The molecule has 5 heteroatoms. The maximum absolute atomic E-state index is 12.0. The van der Waals surface area contributed by atoms with Crippen molar-refractivity contribution < 1.29 is 9.21 Å². The van der Waals surface area contributed by atoms with Crippen molar-refractivity contribution in [2.24, 2.45) is 11.7 Å². The summed E-state index contributed by atoms with van der Waals surface area (Å²) in [6.45, 7) is 6.07. The molecule has 5 nitrogen and oxygen atoms in total. The number of nitrogens with zero attached hydrogens (tertiary/aromatic N) is 1. The van der Waals surface area contributed by atoms with Gasteiger partial charge in [-0.15, -0.1) is 0 Å². The van der Waals surface area contributed by atoms with Gasteiger partial charge in [-0.1, -0.05) is 20.8 Å². The number of aryl methyl sites for hydroxylation is 1. The molecular formula is C15H21N3O2. The second-order valence-corrected chi connectivity index (χ2v) is 5.37. The van der Waals surface area contributed by atoms with Crippen LogP contribution in [0.2, 0.25) is 0 Å². The monoisotopic (exact) mass is 275 g/mol. The van der Waals surface area contributed by atoms with E-state index in [4.69, 9.17) is 10.2 Å². The summed E-state index contributed by atoms with van der Waals surface area (Å²) in [7, 11) is 0. The number of nitrogens with one attached hydrogen (secondary N) is 1. The molecule has 20 heavy (non-hydrogen) atoms. The van der Waals surface area contributed by atoms with E-state index in [1.807, 2.05) is 26.8 Å². The predicted octanol–water partition coefficient (Wildman–Crippen LogP) is 2.70. The number of anilines is 1. The van der Waals surface area contributed by atoms with Gasteiger partial charge in [0.05, 0.1) is 6.04 Å². The highest BCUT2D eigenvalue weighted by Gasteiger charge is 2.15. The number of hydrogen-bond acceptors (Lipinski definition) is 4. The number of oxazole rings is 1. The number of fused-ring (bicyclic) bond motifs is 1. The van der Waals surface area contributed by atoms with Gasteiger partial charge >= 0.3 is 0 Å². The summed E-state index contributed by atoms with van der Waals surface area (Å²) < 4.78 is 5.53. The third kappa shape index (κ3) is 3.36. The Hall–Kier alpha value is -1.88. The molecule has 108 valence electrons. The second-order valence-electron chi connectivity index (χ2n) is 5.37. The molecule has 0 aliphatic heterocycles. The Bertz CT molecular complexity index is 604. The molecule has 1 atom stereocenters. The standard InChI is InChI=1S/C15H21N3O2/c1-4-14-18-12-8-10(5-6-13(12)20-14)17-15(19)11(16)7-9(2)3/h5-6,8-9,11H,4,7,16H2,1-3H3,(H,17,19)/t11-/m1/s1. The van der Waals surface area contributed by atoms with Gasteiger partial charge in [-0.2, -0.15) is 0 Å². The van der Waals surface area contributed by atoms with Crippen LogP contribution in [0.25, 0.3) is 11.1 Å². The van der Waals surface area contributed by atoms with Gasteiger partial charge in [0.1, 0.15) is 5.52 Å². The van der Waals surface area contributed by atoms with Crippen molar-refractivity contribution in [2.45, 2.75) is 39.7 Å². The summed E-state index contributed by atoms with van der Waals surface area (Å²) >= 11 is 0. The van der Waals surface area contributed by atoms with E-state index in [1.165, 1.54) is 0 Å². The van der Waals surface area contributed by atoms with Crippen molar-refractivity contribution in [1.29, 1.82) is 0 Å². The highest BCUT2D eigenvalue weighted by Crippen LogP contribution is 2.20. The Kier molecular flexibility index (Phi) is 4.39. The maximum Gasteiger partial charge on any atom is 0.241 e. The number of carbonyl (C=O) groups excluding carboxylic acids is 1. The normalized spacial score (nSPS) is 12.8. The number of rotatable bonds is 5. The summed E-state index contributed by atoms with van der Waals surface area (Å²) in [4.78, 5) is 16.3. The molecule has 1 heterocycles. The SMILES string of the molecule is CCc1nc2cc(NC(=O)[C@H](N)CC(C)C)ccc2o1. The minimum atomic E-state index is -0.491. The van der Waals surface area contributed by atoms with Gasteiger partial charge < -0.3 is 15.5 Å². The average Bonchev–Trinajstić information content (AvgIpc) is 2.80. The molecular weight excluding hydrogens is 254 g/mol. The Morgan fingerprint density at radius 1 is 1.45 bits per heavy atom. The van der Waals surface area contributed by atoms with Gasteiger partial charge in [-0.3, -0.25) is 4.79 Å². The van der Waals surface area contributed by atoms with Crippen molar-refractivity contribution in [2.75, 3.05) is 5.32 Å². The fourth-order valence-electron chi connectivity index (χ4n) is 2.05. The Morgan fingerprint density at radius 2 is 2.20 bits per heavy atom. The quantitative estimate of drug-likeness (QED) is 0.879. The molecule has 0 aliphatic carbocycles. The number of amides is 1. The van der Waals surface area contributed by atoms with Gasteiger partial charge in [0.25, 0.3) is 0 Å². The third-order valence-corrected chi connectivity index (χ3v) is 3.06. The smallest absolute Gasteiger partial charge is 0.241 e. The zero-order valence-corrected chi connectivity index (χ0v) is 12.1. The summed E-state index contributed by atoms with van der Waals surface area (Å²) in [6.07, 6.45) is 1.41. The molecule has 0 saturated carbocycles. The molecule has 0 fully saturated rings. The zero-order valence-electron chi connectivity index (χ0n) is 12.1. The third-order valence-electron chi connectivity index (χ3n) is 3.06. The molecule has 1 aromatic heterocycles. The van der Waals surface area contributed by atoms with Gasteiger partial charge in [0.2, 0.25) is 5.91 Å². The molecule has 0 spiro atoms. The first kappa shape index (κ1) is 14.5. The van der Waals surface area contributed by atoms with Crippen LogP contribution in [0.5, 0.6) is 0 Å². The Labute approximate surface area is 118 Å². The van der Waals surface area contributed by atoms with Crippen molar-refractivity contribution in [3.8, 4) is 0 Å². The van der Waals surface area contributed by atoms with Crippen LogP contribution in [-0.2, 0) is 11.2 Å². The lowest BCUT2D eigenvalue weighted by atomic mass is 10.0. The van der Waals surface area contributed by atoms with Crippen LogP contribution in [0.15, 0.2) is 22.6 Å². The van der Waals surface area contributed by atoms with Crippen LogP contribution in [0.3, 0.4) is 0 Å². The Morgan fingerprint density at radius 3 is 2.85 bits per heavy atom. The van der Waals surface area contributed by atoms with Crippen LogP contribution in [-0.4, -0.2) is 16.9 Å². The number of aromatic nitrogens is 1. The van der Waals surface area contributed by atoms with Crippen LogP contribution < -0.4 is 11.1 Å². The van der Waals surface area contributed by atoms with Gasteiger partial charge in [0, 0.05) is 12.1 Å². The fraction of sp³-hybridized carbons (Fsp3) is 0.467. The van der Waals surface area contributed by atoms with Crippen molar-refractivity contribution in [3.05, 3.63) is 24.1 Å². The van der Waals surface area contributed by atoms with Crippen molar-refractivity contribution in [1.82, 2.24) is 4.98 Å². The fourth-order valence-corrected chi connectivity index (χ4v) is 2.05. The van der Waals surface area contributed by atoms with Crippen LogP contribution in [0.4, 0.5) is 5.69 Å². The summed E-state index contributed by atoms with van der Waals surface area (Å²) in [5.41, 5.74) is 8.03. The van der Waals surface area contributed by atoms with E-state index in [0.29, 0.717) is 23.9 Å². The van der Waals surface area contributed by atoms with Crippen LogP contribution in [0, 0.1) is 5.92 Å². The summed E-state index contributed by atoms with van der Waals surface area (Å²) in [5, 5.41) is 2.82. The van der Waals surface area contributed by atoms with Gasteiger partial charge in [-0.05, 0) is 30.5 Å². The van der Waals surface area contributed by atoms with Crippen LogP contribution in [0.1, 0.15) is 33.1 Å². The van der Waals surface area contributed by atoms with E-state index in [-0.39, 0.29) is 5.91 Å². The maximum atomic E-state index is 12.0. The molecule has 0 radical (unpaired) electrons. The predicted molar refractivity (Wildman–Crippen MR) is 79.4 cm³/mol. The molecule has 1 aromatic carbocycles. The molecule has 2 rings (SSSR count). The molecule has 0 aliphatic rings. The zero-order chi connectivity index (χ0) is 14.7. The molecule has 2 aromatic rings. The van der Waals surface area contributed by atoms with Crippen LogP contribution >= 0.6 is 0 Å². The molecule has 0 bridgehead atoms.